The summed E-state index contributed by atoms with van der Waals surface area (Å²) in [4.78, 5) is 41.5. The van der Waals surface area contributed by atoms with Crippen LogP contribution in [-0.2, 0) is 4.74 Å². The molecule has 4 rings (SSSR count). The number of anilines is 2. The average Bonchev–Trinajstić information content (AvgIpc) is 2.92. The van der Waals surface area contributed by atoms with E-state index in [2.05, 4.69) is 15.5 Å². The SMILES string of the molecule is COC(=O)c1ccc(N2CCN(C(=O)c3ccccc3)CC2)c(NC(=S)NC(=O)c2cccc(Cl)c2)c1. The summed E-state index contributed by atoms with van der Waals surface area (Å²) < 4.78 is 4.86. The van der Waals surface area contributed by atoms with E-state index in [1.54, 1.807) is 54.6 Å². The van der Waals surface area contributed by atoms with Crippen LogP contribution in [0.25, 0.3) is 0 Å². The largest absolute Gasteiger partial charge is 0.465 e. The van der Waals surface area contributed by atoms with Gasteiger partial charge < -0.3 is 19.9 Å². The van der Waals surface area contributed by atoms with Gasteiger partial charge in [-0.3, -0.25) is 14.9 Å². The molecule has 0 aliphatic carbocycles. The summed E-state index contributed by atoms with van der Waals surface area (Å²) in [7, 11) is 1.31. The van der Waals surface area contributed by atoms with Gasteiger partial charge in [-0.25, -0.2) is 4.79 Å². The van der Waals surface area contributed by atoms with E-state index in [0.29, 0.717) is 53.6 Å². The lowest BCUT2D eigenvalue weighted by Gasteiger charge is -2.37. The van der Waals surface area contributed by atoms with Crippen molar-refractivity contribution in [3.63, 3.8) is 0 Å². The minimum atomic E-state index is -0.498. The van der Waals surface area contributed by atoms with Crippen LogP contribution in [0.15, 0.2) is 72.8 Å². The Hall–Kier alpha value is -3.95. The number of rotatable bonds is 5. The highest BCUT2D eigenvalue weighted by Gasteiger charge is 2.24. The van der Waals surface area contributed by atoms with Gasteiger partial charge in [0.25, 0.3) is 11.8 Å². The molecule has 0 unspecified atom stereocenters. The van der Waals surface area contributed by atoms with E-state index in [-0.39, 0.29) is 11.0 Å². The van der Waals surface area contributed by atoms with Gasteiger partial charge in [-0.2, -0.15) is 0 Å². The molecule has 1 fully saturated rings. The van der Waals surface area contributed by atoms with E-state index in [4.69, 9.17) is 28.6 Å². The van der Waals surface area contributed by atoms with Crippen LogP contribution >= 0.6 is 23.8 Å². The minimum absolute atomic E-state index is 0.00968. The summed E-state index contributed by atoms with van der Waals surface area (Å²) in [6.07, 6.45) is 0. The Morgan fingerprint density at radius 2 is 1.57 bits per heavy atom. The monoisotopic (exact) mass is 536 g/mol. The fourth-order valence-electron chi connectivity index (χ4n) is 4.03. The summed E-state index contributed by atoms with van der Waals surface area (Å²) in [5.41, 5.74) is 2.65. The summed E-state index contributed by atoms with van der Waals surface area (Å²) in [6, 6.07) is 20.8. The number of halogens is 1. The number of esters is 1. The maximum absolute atomic E-state index is 12.8. The first kappa shape index (κ1) is 26.1. The third-order valence-corrected chi connectivity index (χ3v) is 6.35. The first-order valence-corrected chi connectivity index (χ1v) is 12.3. The fraction of sp³-hybridized carbons (Fsp3) is 0.185. The van der Waals surface area contributed by atoms with Gasteiger partial charge in [0.2, 0.25) is 0 Å². The summed E-state index contributed by atoms with van der Waals surface area (Å²) in [5.74, 6) is -0.926. The van der Waals surface area contributed by atoms with Crippen molar-refractivity contribution in [3.05, 3.63) is 94.5 Å². The van der Waals surface area contributed by atoms with E-state index in [0.717, 1.165) is 5.69 Å². The first-order chi connectivity index (χ1) is 17.9. The molecule has 2 N–H and O–H groups in total. The summed E-state index contributed by atoms with van der Waals surface area (Å²) in [6.45, 7) is 2.21. The Morgan fingerprint density at radius 1 is 0.865 bits per heavy atom. The number of methoxy groups -OCH3 is 1. The Kier molecular flexibility index (Phi) is 8.37. The third-order valence-electron chi connectivity index (χ3n) is 5.91. The predicted molar refractivity (Wildman–Crippen MR) is 147 cm³/mol. The number of benzene rings is 3. The molecule has 0 radical (unpaired) electrons. The molecule has 3 aromatic rings. The quantitative estimate of drug-likeness (QED) is 0.373. The maximum Gasteiger partial charge on any atom is 0.337 e. The van der Waals surface area contributed by atoms with Gasteiger partial charge in [-0.1, -0.05) is 35.9 Å². The zero-order valence-electron chi connectivity index (χ0n) is 20.1. The van der Waals surface area contributed by atoms with Crippen molar-refractivity contribution >= 4 is 58.1 Å². The van der Waals surface area contributed by atoms with Gasteiger partial charge in [-0.15, -0.1) is 0 Å². The van der Waals surface area contributed by atoms with E-state index >= 15 is 0 Å². The van der Waals surface area contributed by atoms with Crippen LogP contribution in [0.2, 0.25) is 5.02 Å². The Balaban J connectivity index is 1.49. The Bertz CT molecular complexity index is 1330. The van der Waals surface area contributed by atoms with Gasteiger partial charge in [0.05, 0.1) is 24.0 Å². The van der Waals surface area contributed by atoms with Crippen LogP contribution in [0, 0.1) is 0 Å². The lowest BCUT2D eigenvalue weighted by Crippen LogP contribution is -2.49. The highest BCUT2D eigenvalue weighted by atomic mass is 35.5. The molecule has 1 saturated heterocycles. The second kappa shape index (κ2) is 11.9. The molecule has 190 valence electrons. The highest BCUT2D eigenvalue weighted by Crippen LogP contribution is 2.29. The molecule has 1 aliphatic heterocycles. The minimum Gasteiger partial charge on any atom is -0.465 e. The second-order valence-electron chi connectivity index (χ2n) is 8.29. The van der Waals surface area contributed by atoms with Gasteiger partial charge in [0.15, 0.2) is 5.11 Å². The number of thiocarbonyl (C=S) groups is 1. The number of carbonyl (C=O) groups is 3. The number of amides is 2. The van der Waals surface area contributed by atoms with Crippen molar-refractivity contribution in [3.8, 4) is 0 Å². The van der Waals surface area contributed by atoms with E-state index in [1.807, 2.05) is 23.1 Å². The number of hydrogen-bond acceptors (Lipinski definition) is 6. The molecule has 0 saturated carbocycles. The average molecular weight is 537 g/mol. The second-order valence-corrected chi connectivity index (χ2v) is 9.13. The maximum atomic E-state index is 12.8. The first-order valence-electron chi connectivity index (χ1n) is 11.6. The van der Waals surface area contributed by atoms with Crippen molar-refractivity contribution in [1.82, 2.24) is 10.2 Å². The smallest absolute Gasteiger partial charge is 0.337 e. The van der Waals surface area contributed by atoms with Crippen LogP contribution < -0.4 is 15.5 Å². The van der Waals surface area contributed by atoms with Gasteiger partial charge in [0, 0.05) is 42.3 Å². The lowest BCUT2D eigenvalue weighted by molar-refractivity contribution is 0.0600. The number of nitrogens with one attached hydrogen (secondary N) is 2. The predicted octanol–water partition coefficient (Wildman–Crippen LogP) is 4.22. The van der Waals surface area contributed by atoms with Crippen LogP contribution in [0.5, 0.6) is 0 Å². The summed E-state index contributed by atoms with van der Waals surface area (Å²) >= 11 is 11.4. The van der Waals surface area contributed by atoms with Crippen molar-refractivity contribution in [1.29, 1.82) is 0 Å². The zero-order valence-corrected chi connectivity index (χ0v) is 21.6. The molecule has 1 heterocycles. The molecule has 0 aromatic heterocycles. The molecule has 10 heteroatoms. The number of nitrogens with zero attached hydrogens (tertiary/aromatic N) is 2. The molecule has 0 spiro atoms. The van der Waals surface area contributed by atoms with Crippen molar-refractivity contribution in [2.24, 2.45) is 0 Å². The van der Waals surface area contributed by atoms with E-state index in [1.165, 1.54) is 7.11 Å². The highest BCUT2D eigenvalue weighted by molar-refractivity contribution is 7.80. The van der Waals surface area contributed by atoms with Crippen LogP contribution in [-0.4, -0.2) is 61.1 Å². The zero-order chi connectivity index (χ0) is 26.4. The Labute approximate surface area is 225 Å². The van der Waals surface area contributed by atoms with Gasteiger partial charge >= 0.3 is 5.97 Å². The van der Waals surface area contributed by atoms with Crippen molar-refractivity contribution in [2.75, 3.05) is 43.5 Å². The number of carbonyl (C=O) groups excluding carboxylic acids is 3. The van der Waals surface area contributed by atoms with Crippen LogP contribution in [0.4, 0.5) is 11.4 Å². The van der Waals surface area contributed by atoms with Gasteiger partial charge in [-0.05, 0) is 60.7 Å². The standard InChI is InChI=1S/C27H25ClN4O4S/c1-36-26(35)20-10-11-23(31-12-14-32(15-13-31)25(34)18-6-3-2-4-7-18)22(17-20)29-27(37)30-24(33)19-8-5-9-21(28)16-19/h2-11,16-17H,12-15H2,1H3,(H2,29,30,33,37). The fourth-order valence-corrected chi connectivity index (χ4v) is 4.42. The molecule has 1 aliphatic rings. The topological polar surface area (TPSA) is 91.0 Å². The summed E-state index contributed by atoms with van der Waals surface area (Å²) in [5, 5.41) is 6.17. The number of hydrogen-bond donors (Lipinski definition) is 2. The van der Waals surface area contributed by atoms with Crippen molar-refractivity contribution in [2.45, 2.75) is 0 Å². The van der Waals surface area contributed by atoms with E-state index < -0.39 is 11.9 Å². The molecular formula is C27H25ClN4O4S. The third kappa shape index (κ3) is 6.44. The molecule has 0 bridgehead atoms. The van der Waals surface area contributed by atoms with Gasteiger partial charge in [0.1, 0.15) is 0 Å². The Morgan fingerprint density at radius 3 is 2.24 bits per heavy atom. The van der Waals surface area contributed by atoms with E-state index in [9.17, 15) is 14.4 Å². The molecule has 37 heavy (non-hydrogen) atoms. The normalized spacial score (nSPS) is 13.0. The lowest BCUT2D eigenvalue weighted by atomic mass is 10.1. The molecule has 8 nitrogen and oxygen atoms in total. The molecule has 2 amide bonds. The van der Waals surface area contributed by atoms with Crippen molar-refractivity contribution < 1.29 is 19.1 Å². The van der Waals surface area contributed by atoms with Crippen LogP contribution in [0.1, 0.15) is 31.1 Å². The van der Waals surface area contributed by atoms with Crippen LogP contribution in [0.3, 0.4) is 0 Å². The molecule has 0 atom stereocenters. The molecule has 3 aromatic carbocycles. The number of piperazine rings is 1. The number of ether oxygens (including phenoxy) is 1. The molecular weight excluding hydrogens is 512 g/mol.